The highest BCUT2D eigenvalue weighted by Gasteiger charge is 1.97. The number of hydrogen-bond donors (Lipinski definition) is 1. The average molecular weight is 332 g/mol. The molecule has 0 saturated heterocycles. The molecular weight excluding hydrogens is 312 g/mol. The SMILES string of the molecule is COc1ccc2cc(C)ncc2c1.Cc1cc2ccc(O)cc2cn1. The molecule has 0 spiro atoms. The van der Waals surface area contributed by atoms with Crippen LogP contribution in [0.5, 0.6) is 11.5 Å². The summed E-state index contributed by atoms with van der Waals surface area (Å²) in [5, 5.41) is 13.6. The van der Waals surface area contributed by atoms with Gasteiger partial charge in [0.2, 0.25) is 0 Å². The highest BCUT2D eigenvalue weighted by molar-refractivity contribution is 5.84. The quantitative estimate of drug-likeness (QED) is 0.544. The van der Waals surface area contributed by atoms with E-state index in [0.29, 0.717) is 0 Å². The molecule has 126 valence electrons. The fraction of sp³-hybridized carbons (Fsp3) is 0.143. The highest BCUT2D eigenvalue weighted by Crippen LogP contribution is 2.20. The Morgan fingerprint density at radius 2 is 1.28 bits per heavy atom. The fourth-order valence-corrected chi connectivity index (χ4v) is 2.60. The van der Waals surface area contributed by atoms with E-state index in [4.69, 9.17) is 4.74 Å². The number of phenols is 1. The van der Waals surface area contributed by atoms with Crippen molar-refractivity contribution in [2.45, 2.75) is 13.8 Å². The average Bonchev–Trinajstić information content (AvgIpc) is 2.62. The molecule has 0 aliphatic rings. The molecule has 4 nitrogen and oxygen atoms in total. The number of aromatic nitrogens is 2. The van der Waals surface area contributed by atoms with E-state index in [1.165, 1.54) is 5.39 Å². The zero-order valence-corrected chi connectivity index (χ0v) is 14.5. The molecule has 0 aliphatic heterocycles. The largest absolute Gasteiger partial charge is 0.508 e. The lowest BCUT2D eigenvalue weighted by Crippen LogP contribution is -1.84. The van der Waals surface area contributed by atoms with Gasteiger partial charge in [-0.15, -0.1) is 0 Å². The van der Waals surface area contributed by atoms with E-state index in [1.54, 1.807) is 25.4 Å². The van der Waals surface area contributed by atoms with Crippen LogP contribution in [0.3, 0.4) is 0 Å². The smallest absolute Gasteiger partial charge is 0.119 e. The Labute approximate surface area is 146 Å². The van der Waals surface area contributed by atoms with Gasteiger partial charge in [-0.25, -0.2) is 0 Å². The van der Waals surface area contributed by atoms with Crippen LogP contribution in [0, 0.1) is 13.8 Å². The Balaban J connectivity index is 0.000000146. The van der Waals surface area contributed by atoms with Crippen LogP contribution in [0.1, 0.15) is 11.4 Å². The first-order valence-corrected chi connectivity index (χ1v) is 8.01. The van der Waals surface area contributed by atoms with E-state index >= 15 is 0 Å². The maximum Gasteiger partial charge on any atom is 0.119 e. The monoisotopic (exact) mass is 332 g/mol. The van der Waals surface area contributed by atoms with Crippen molar-refractivity contribution in [3.8, 4) is 11.5 Å². The summed E-state index contributed by atoms with van der Waals surface area (Å²) in [5.74, 6) is 1.16. The number of pyridine rings is 2. The first-order valence-electron chi connectivity index (χ1n) is 8.01. The number of hydrogen-bond acceptors (Lipinski definition) is 4. The zero-order chi connectivity index (χ0) is 17.8. The van der Waals surface area contributed by atoms with E-state index in [9.17, 15) is 5.11 Å². The second kappa shape index (κ2) is 7.18. The number of rotatable bonds is 1. The number of aryl methyl sites for hydroxylation is 2. The molecule has 4 rings (SSSR count). The van der Waals surface area contributed by atoms with E-state index < -0.39 is 0 Å². The van der Waals surface area contributed by atoms with Gasteiger partial charge in [-0.1, -0.05) is 12.1 Å². The Morgan fingerprint density at radius 3 is 1.88 bits per heavy atom. The van der Waals surface area contributed by atoms with Gasteiger partial charge < -0.3 is 9.84 Å². The van der Waals surface area contributed by atoms with Crippen molar-refractivity contribution in [3.05, 3.63) is 72.3 Å². The maximum absolute atomic E-state index is 9.17. The first-order chi connectivity index (χ1) is 12.0. The number of phenolic OH excluding ortho intramolecular Hbond substituents is 1. The van der Waals surface area contributed by atoms with E-state index in [-0.39, 0.29) is 5.75 Å². The third kappa shape index (κ3) is 4.04. The Hall–Kier alpha value is -3.14. The van der Waals surface area contributed by atoms with E-state index in [1.807, 2.05) is 50.4 Å². The summed E-state index contributed by atoms with van der Waals surface area (Å²) in [5.41, 5.74) is 2.03. The summed E-state index contributed by atoms with van der Waals surface area (Å²) in [6, 6.07) is 15.3. The third-order valence-electron chi connectivity index (χ3n) is 3.91. The van der Waals surface area contributed by atoms with Crippen molar-refractivity contribution >= 4 is 21.5 Å². The molecule has 1 N–H and O–H groups in total. The second-order valence-corrected chi connectivity index (χ2v) is 5.90. The molecule has 0 bridgehead atoms. The number of ether oxygens (including phenoxy) is 1. The molecule has 0 fully saturated rings. The molecule has 2 aromatic carbocycles. The third-order valence-corrected chi connectivity index (χ3v) is 3.91. The molecule has 2 aromatic heterocycles. The molecule has 0 aliphatic carbocycles. The van der Waals surface area contributed by atoms with E-state index in [0.717, 1.165) is 33.3 Å². The predicted octanol–water partition coefficient (Wildman–Crippen LogP) is 4.80. The van der Waals surface area contributed by atoms with Crippen LogP contribution < -0.4 is 4.74 Å². The topological polar surface area (TPSA) is 55.2 Å². The summed E-state index contributed by atoms with van der Waals surface area (Å²) in [4.78, 5) is 8.36. The standard InChI is InChI=1S/C11H11NO.C10H9NO/c1-8-5-9-3-4-11(13-2)6-10(9)7-12-8;1-7-4-8-2-3-10(12)5-9(8)6-11-7/h3-7H,1-2H3;2-6,12H,1H3. The molecule has 0 amide bonds. The molecule has 25 heavy (non-hydrogen) atoms. The van der Waals surface area contributed by atoms with Crippen LogP contribution in [0.25, 0.3) is 21.5 Å². The van der Waals surface area contributed by atoms with Crippen molar-refractivity contribution in [1.82, 2.24) is 9.97 Å². The van der Waals surface area contributed by atoms with Crippen LogP contribution in [0.15, 0.2) is 60.9 Å². The van der Waals surface area contributed by atoms with Crippen LogP contribution in [-0.2, 0) is 0 Å². The fourth-order valence-electron chi connectivity index (χ4n) is 2.60. The van der Waals surface area contributed by atoms with Crippen molar-refractivity contribution in [1.29, 1.82) is 0 Å². The summed E-state index contributed by atoms with van der Waals surface area (Å²) < 4.78 is 5.12. The Bertz CT molecular complexity index is 987. The summed E-state index contributed by atoms with van der Waals surface area (Å²) in [6.07, 6.45) is 3.64. The maximum atomic E-state index is 9.17. The molecule has 2 heterocycles. The van der Waals surface area contributed by atoms with Crippen molar-refractivity contribution in [2.75, 3.05) is 7.11 Å². The molecule has 0 saturated carbocycles. The van der Waals surface area contributed by atoms with Gasteiger partial charge in [0, 0.05) is 34.6 Å². The lowest BCUT2D eigenvalue weighted by Gasteiger charge is -2.02. The van der Waals surface area contributed by atoms with Crippen molar-refractivity contribution in [2.24, 2.45) is 0 Å². The van der Waals surface area contributed by atoms with Crippen molar-refractivity contribution in [3.63, 3.8) is 0 Å². The van der Waals surface area contributed by atoms with Gasteiger partial charge in [0.15, 0.2) is 0 Å². The van der Waals surface area contributed by atoms with Crippen molar-refractivity contribution < 1.29 is 9.84 Å². The summed E-state index contributed by atoms with van der Waals surface area (Å²) in [6.45, 7) is 3.94. The molecular formula is C21H20N2O2. The lowest BCUT2D eigenvalue weighted by atomic mass is 10.1. The summed E-state index contributed by atoms with van der Waals surface area (Å²) >= 11 is 0. The van der Waals surface area contributed by atoms with Crippen LogP contribution in [0.2, 0.25) is 0 Å². The first kappa shape index (κ1) is 16.7. The van der Waals surface area contributed by atoms with Gasteiger partial charge >= 0.3 is 0 Å². The van der Waals surface area contributed by atoms with Gasteiger partial charge in [-0.05, 0) is 61.0 Å². The Kier molecular flexibility index (Phi) is 4.80. The molecule has 0 unspecified atom stereocenters. The molecule has 0 radical (unpaired) electrons. The van der Waals surface area contributed by atoms with Crippen LogP contribution in [-0.4, -0.2) is 22.2 Å². The number of fused-ring (bicyclic) bond motifs is 2. The van der Waals surface area contributed by atoms with Gasteiger partial charge in [-0.3, -0.25) is 9.97 Å². The number of methoxy groups -OCH3 is 1. The molecule has 4 aromatic rings. The normalized spacial score (nSPS) is 10.4. The van der Waals surface area contributed by atoms with Crippen LogP contribution >= 0.6 is 0 Å². The Morgan fingerprint density at radius 1 is 0.720 bits per heavy atom. The number of aromatic hydroxyl groups is 1. The van der Waals surface area contributed by atoms with Crippen LogP contribution in [0.4, 0.5) is 0 Å². The molecule has 0 atom stereocenters. The lowest BCUT2D eigenvalue weighted by molar-refractivity contribution is 0.415. The minimum atomic E-state index is 0.285. The van der Waals surface area contributed by atoms with Gasteiger partial charge in [-0.2, -0.15) is 0 Å². The minimum absolute atomic E-state index is 0.285. The minimum Gasteiger partial charge on any atom is -0.508 e. The number of benzene rings is 2. The van der Waals surface area contributed by atoms with Gasteiger partial charge in [0.05, 0.1) is 7.11 Å². The van der Waals surface area contributed by atoms with Gasteiger partial charge in [0.25, 0.3) is 0 Å². The number of nitrogens with zero attached hydrogens (tertiary/aromatic N) is 2. The summed E-state index contributed by atoms with van der Waals surface area (Å²) in [7, 11) is 1.67. The van der Waals surface area contributed by atoms with Gasteiger partial charge in [0.1, 0.15) is 11.5 Å². The predicted molar refractivity (Wildman–Crippen MR) is 101 cm³/mol. The zero-order valence-electron chi connectivity index (χ0n) is 14.5. The van der Waals surface area contributed by atoms with E-state index in [2.05, 4.69) is 16.0 Å². The highest BCUT2D eigenvalue weighted by atomic mass is 16.5. The molecule has 4 heteroatoms. The second-order valence-electron chi connectivity index (χ2n) is 5.90.